The second-order valence-corrected chi connectivity index (χ2v) is 10.3. The molecule has 5 heteroatoms. The van der Waals surface area contributed by atoms with Crippen LogP contribution < -0.4 is 5.56 Å². The molecule has 4 heterocycles. The Hall–Kier alpha value is -1.62. The fourth-order valence-corrected chi connectivity index (χ4v) is 6.46. The van der Waals surface area contributed by atoms with Gasteiger partial charge in [0.2, 0.25) is 5.91 Å². The molecular formula is C25H37N3O2. The minimum Gasteiger partial charge on any atom is -0.342 e. The maximum Gasteiger partial charge on any atom is 0.255 e. The van der Waals surface area contributed by atoms with Crippen LogP contribution in [-0.4, -0.2) is 46.5 Å². The lowest BCUT2D eigenvalue weighted by molar-refractivity contribution is -0.134. The summed E-state index contributed by atoms with van der Waals surface area (Å²) in [5.41, 5.74) is 2.32. The monoisotopic (exact) mass is 411 g/mol. The van der Waals surface area contributed by atoms with Gasteiger partial charge in [-0.25, -0.2) is 0 Å². The van der Waals surface area contributed by atoms with Crippen LogP contribution in [0.3, 0.4) is 0 Å². The fourth-order valence-electron chi connectivity index (χ4n) is 6.46. The fraction of sp³-hybridized carbons (Fsp3) is 0.760. The molecule has 0 unspecified atom stereocenters. The summed E-state index contributed by atoms with van der Waals surface area (Å²) in [5.74, 6) is 1.87. The summed E-state index contributed by atoms with van der Waals surface area (Å²) in [7, 11) is 0. The van der Waals surface area contributed by atoms with Crippen LogP contribution in [-0.2, 0) is 17.9 Å². The van der Waals surface area contributed by atoms with Gasteiger partial charge in [-0.3, -0.25) is 14.5 Å². The van der Waals surface area contributed by atoms with E-state index in [1.807, 2.05) is 0 Å². The van der Waals surface area contributed by atoms with Gasteiger partial charge in [-0.1, -0.05) is 38.2 Å². The highest BCUT2D eigenvalue weighted by atomic mass is 16.2. The minimum absolute atomic E-state index is 0.216. The van der Waals surface area contributed by atoms with E-state index in [1.165, 1.54) is 44.9 Å². The normalized spacial score (nSPS) is 27.3. The summed E-state index contributed by atoms with van der Waals surface area (Å²) in [6.07, 6.45) is 12.0. The third kappa shape index (κ3) is 4.23. The molecule has 2 atom stereocenters. The molecule has 2 saturated heterocycles. The van der Waals surface area contributed by atoms with Gasteiger partial charge in [-0.15, -0.1) is 0 Å². The second-order valence-electron chi connectivity index (χ2n) is 10.3. The van der Waals surface area contributed by atoms with Crippen LogP contribution >= 0.6 is 0 Å². The molecule has 3 fully saturated rings. The number of amides is 1. The molecule has 2 bridgehead atoms. The highest BCUT2D eigenvalue weighted by molar-refractivity contribution is 5.76. The van der Waals surface area contributed by atoms with Crippen molar-refractivity contribution in [3.8, 4) is 0 Å². The number of rotatable bonds is 5. The molecular weight excluding hydrogens is 374 g/mol. The topological polar surface area (TPSA) is 45.6 Å². The van der Waals surface area contributed by atoms with E-state index in [-0.39, 0.29) is 5.56 Å². The number of aromatic nitrogens is 1. The number of likely N-dealkylation sites (tertiary alicyclic amines) is 2. The first-order valence-electron chi connectivity index (χ1n) is 12.4. The number of hydrogen-bond acceptors (Lipinski definition) is 3. The molecule has 0 N–H and O–H groups in total. The molecule has 1 aliphatic carbocycles. The van der Waals surface area contributed by atoms with E-state index in [4.69, 9.17) is 0 Å². The van der Waals surface area contributed by atoms with Crippen molar-refractivity contribution in [2.45, 2.75) is 83.2 Å². The van der Waals surface area contributed by atoms with E-state index >= 15 is 0 Å². The lowest BCUT2D eigenvalue weighted by Crippen LogP contribution is -2.49. The van der Waals surface area contributed by atoms with Crippen molar-refractivity contribution in [1.29, 1.82) is 0 Å². The predicted molar refractivity (Wildman–Crippen MR) is 118 cm³/mol. The molecule has 0 aromatic carbocycles. The third-order valence-corrected chi connectivity index (χ3v) is 8.12. The first-order valence-corrected chi connectivity index (χ1v) is 12.4. The van der Waals surface area contributed by atoms with E-state index in [0.29, 0.717) is 24.2 Å². The Labute approximate surface area is 180 Å². The minimum atomic E-state index is 0.216. The Bertz CT molecular complexity index is 820. The Morgan fingerprint density at radius 1 is 0.967 bits per heavy atom. The Kier molecular flexibility index (Phi) is 5.99. The highest BCUT2D eigenvalue weighted by Gasteiger charge is 2.36. The molecule has 1 aromatic heterocycles. The van der Waals surface area contributed by atoms with Crippen molar-refractivity contribution in [2.24, 2.45) is 11.8 Å². The maximum atomic E-state index is 13.2. The largest absolute Gasteiger partial charge is 0.342 e. The zero-order chi connectivity index (χ0) is 20.5. The third-order valence-electron chi connectivity index (χ3n) is 8.12. The number of nitrogens with zero attached hydrogens (tertiary/aromatic N) is 3. The molecule has 164 valence electrons. The standard InChI is InChI=1S/C25H37N3O2/c29-24(11-8-19-6-2-3-7-19)27-15-20-14-22(18-27)23-10-9-21(25(30)28(23)16-20)17-26-12-4-1-5-13-26/h9-10,19-20,22H,1-8,11-18H2/t20-,22+/m0/s1. The van der Waals surface area contributed by atoms with Gasteiger partial charge in [0.05, 0.1) is 0 Å². The highest BCUT2D eigenvalue weighted by Crippen LogP contribution is 2.36. The Balaban J connectivity index is 1.26. The van der Waals surface area contributed by atoms with Gasteiger partial charge in [0.25, 0.3) is 5.56 Å². The number of piperidine rings is 2. The van der Waals surface area contributed by atoms with E-state index in [2.05, 4.69) is 26.5 Å². The van der Waals surface area contributed by atoms with Crippen molar-refractivity contribution in [2.75, 3.05) is 26.2 Å². The lowest BCUT2D eigenvalue weighted by atomic mass is 9.82. The van der Waals surface area contributed by atoms with Crippen molar-refractivity contribution >= 4 is 5.91 Å². The zero-order valence-electron chi connectivity index (χ0n) is 18.4. The van der Waals surface area contributed by atoms with Crippen LogP contribution in [0.4, 0.5) is 0 Å². The van der Waals surface area contributed by atoms with Crippen molar-refractivity contribution in [1.82, 2.24) is 14.4 Å². The average molecular weight is 412 g/mol. The van der Waals surface area contributed by atoms with Crippen molar-refractivity contribution in [3.05, 3.63) is 33.7 Å². The van der Waals surface area contributed by atoms with E-state index in [0.717, 1.165) is 69.3 Å². The quantitative estimate of drug-likeness (QED) is 0.741. The van der Waals surface area contributed by atoms with Gasteiger partial charge < -0.3 is 9.47 Å². The first-order chi connectivity index (χ1) is 14.7. The molecule has 1 aromatic rings. The molecule has 0 spiro atoms. The number of fused-ring (bicyclic) bond motifs is 4. The molecule has 5 nitrogen and oxygen atoms in total. The summed E-state index contributed by atoms with van der Waals surface area (Å²) in [5, 5.41) is 0. The molecule has 1 saturated carbocycles. The van der Waals surface area contributed by atoms with Gasteiger partial charge >= 0.3 is 0 Å². The number of pyridine rings is 1. The molecule has 1 amide bonds. The lowest BCUT2D eigenvalue weighted by Gasteiger charge is -2.43. The molecule has 5 rings (SSSR count). The summed E-state index contributed by atoms with van der Waals surface area (Å²) in [6.45, 7) is 5.44. The van der Waals surface area contributed by atoms with Gasteiger partial charge in [-0.05, 0) is 56.7 Å². The average Bonchev–Trinajstić information content (AvgIpc) is 3.29. The smallest absolute Gasteiger partial charge is 0.255 e. The van der Waals surface area contributed by atoms with E-state index in [9.17, 15) is 9.59 Å². The van der Waals surface area contributed by atoms with Gasteiger partial charge in [0, 0.05) is 49.8 Å². The SMILES string of the molecule is O=C(CCC1CCCC1)N1C[C@@H]2C[C@H](C1)c1ccc(CN3CCCCC3)c(=O)n1C2. The van der Waals surface area contributed by atoms with Crippen LogP contribution in [0.25, 0.3) is 0 Å². The maximum absolute atomic E-state index is 13.2. The van der Waals surface area contributed by atoms with Crippen LogP contribution in [0.2, 0.25) is 0 Å². The Morgan fingerprint density at radius 3 is 2.57 bits per heavy atom. The number of carbonyl (C=O) groups excluding carboxylic acids is 1. The molecule has 0 radical (unpaired) electrons. The van der Waals surface area contributed by atoms with Crippen LogP contribution in [0.1, 0.15) is 81.4 Å². The van der Waals surface area contributed by atoms with Gasteiger partial charge in [0.15, 0.2) is 0 Å². The first kappa shape index (κ1) is 20.3. The Morgan fingerprint density at radius 2 is 1.77 bits per heavy atom. The second kappa shape index (κ2) is 8.86. The summed E-state index contributed by atoms with van der Waals surface area (Å²) in [6, 6.07) is 4.26. The molecule has 30 heavy (non-hydrogen) atoms. The van der Waals surface area contributed by atoms with Crippen LogP contribution in [0, 0.1) is 11.8 Å². The number of carbonyl (C=O) groups is 1. The van der Waals surface area contributed by atoms with E-state index in [1.54, 1.807) is 0 Å². The predicted octanol–water partition coefficient (Wildman–Crippen LogP) is 3.75. The summed E-state index contributed by atoms with van der Waals surface area (Å²) in [4.78, 5) is 30.7. The van der Waals surface area contributed by atoms with Crippen LogP contribution in [0.15, 0.2) is 16.9 Å². The summed E-state index contributed by atoms with van der Waals surface area (Å²) < 4.78 is 2.05. The van der Waals surface area contributed by atoms with Crippen molar-refractivity contribution in [3.63, 3.8) is 0 Å². The zero-order valence-corrected chi connectivity index (χ0v) is 18.4. The van der Waals surface area contributed by atoms with Crippen LogP contribution in [0.5, 0.6) is 0 Å². The molecule has 4 aliphatic rings. The molecule has 3 aliphatic heterocycles. The van der Waals surface area contributed by atoms with E-state index < -0.39 is 0 Å². The van der Waals surface area contributed by atoms with Gasteiger partial charge in [0.1, 0.15) is 0 Å². The number of hydrogen-bond donors (Lipinski definition) is 0. The summed E-state index contributed by atoms with van der Waals surface area (Å²) >= 11 is 0. The van der Waals surface area contributed by atoms with Gasteiger partial charge in [-0.2, -0.15) is 0 Å². The van der Waals surface area contributed by atoms with Crippen molar-refractivity contribution < 1.29 is 4.79 Å².